The maximum absolute atomic E-state index is 11.9. The Labute approximate surface area is 100.0 Å². The van der Waals surface area contributed by atoms with Gasteiger partial charge in [-0.1, -0.05) is 30.3 Å². The lowest BCUT2D eigenvalue weighted by atomic mass is 10.1. The third-order valence-electron chi connectivity index (χ3n) is 2.39. The van der Waals surface area contributed by atoms with Gasteiger partial charge < -0.3 is 4.98 Å². The number of nitrogens with zero attached hydrogens (tertiary/aromatic N) is 1. The summed E-state index contributed by atoms with van der Waals surface area (Å²) in [5.41, 5.74) is 0.913. The van der Waals surface area contributed by atoms with Gasteiger partial charge in [-0.3, -0.25) is 0 Å². The zero-order valence-electron chi connectivity index (χ0n) is 9.29. The molecule has 1 aromatic carbocycles. The van der Waals surface area contributed by atoms with E-state index < -0.39 is 10.0 Å². The van der Waals surface area contributed by atoms with Crippen molar-refractivity contribution in [3.05, 3.63) is 48.4 Å². The summed E-state index contributed by atoms with van der Waals surface area (Å²) in [6.45, 7) is 1.79. The van der Waals surface area contributed by atoms with Crippen molar-refractivity contribution in [1.82, 2.24) is 14.7 Å². The van der Waals surface area contributed by atoms with E-state index in [0.717, 1.165) is 5.56 Å². The number of aromatic nitrogens is 2. The molecule has 0 amide bonds. The highest BCUT2D eigenvalue weighted by molar-refractivity contribution is 7.89. The molecule has 2 N–H and O–H groups in total. The van der Waals surface area contributed by atoms with E-state index in [1.807, 2.05) is 30.3 Å². The Morgan fingerprint density at radius 3 is 2.59 bits per heavy atom. The quantitative estimate of drug-likeness (QED) is 0.863. The Morgan fingerprint density at radius 1 is 1.29 bits per heavy atom. The van der Waals surface area contributed by atoms with Crippen LogP contribution in [0.4, 0.5) is 0 Å². The van der Waals surface area contributed by atoms with Crippen molar-refractivity contribution in [2.45, 2.75) is 18.0 Å². The molecule has 1 aromatic heterocycles. The van der Waals surface area contributed by atoms with Gasteiger partial charge in [0.1, 0.15) is 0 Å². The van der Waals surface area contributed by atoms with Crippen LogP contribution in [0.25, 0.3) is 0 Å². The molecule has 0 aliphatic heterocycles. The second kappa shape index (κ2) is 4.68. The van der Waals surface area contributed by atoms with E-state index in [-0.39, 0.29) is 11.1 Å². The van der Waals surface area contributed by atoms with Crippen LogP contribution < -0.4 is 4.72 Å². The van der Waals surface area contributed by atoms with Crippen molar-refractivity contribution >= 4 is 10.0 Å². The molecule has 1 heterocycles. The van der Waals surface area contributed by atoms with Crippen molar-refractivity contribution in [1.29, 1.82) is 0 Å². The van der Waals surface area contributed by atoms with E-state index in [1.54, 1.807) is 6.92 Å². The van der Waals surface area contributed by atoms with E-state index in [9.17, 15) is 8.42 Å². The standard InChI is InChI=1S/C11H13N3O2S/c1-9(10-5-3-2-4-6-10)14-17(15,16)11-7-12-8-13-11/h2-9,14H,1H3,(H,12,13). The van der Waals surface area contributed by atoms with E-state index in [0.29, 0.717) is 0 Å². The molecule has 0 saturated carbocycles. The van der Waals surface area contributed by atoms with E-state index in [1.165, 1.54) is 12.5 Å². The molecule has 0 aliphatic rings. The van der Waals surface area contributed by atoms with Gasteiger partial charge in [-0.15, -0.1) is 0 Å². The van der Waals surface area contributed by atoms with Gasteiger partial charge in [0.15, 0.2) is 5.03 Å². The van der Waals surface area contributed by atoms with Crippen LogP contribution in [0, 0.1) is 0 Å². The predicted octanol–water partition coefficient (Wildman–Crippen LogP) is 1.45. The smallest absolute Gasteiger partial charge is 0.258 e. The molecule has 0 saturated heterocycles. The number of imidazole rings is 1. The Morgan fingerprint density at radius 2 is 2.00 bits per heavy atom. The van der Waals surface area contributed by atoms with Crippen molar-refractivity contribution in [3.8, 4) is 0 Å². The van der Waals surface area contributed by atoms with Crippen LogP contribution in [0.3, 0.4) is 0 Å². The molecule has 5 nitrogen and oxygen atoms in total. The van der Waals surface area contributed by atoms with E-state index in [2.05, 4.69) is 14.7 Å². The fourth-order valence-electron chi connectivity index (χ4n) is 1.50. The molecular formula is C11H13N3O2S. The van der Waals surface area contributed by atoms with Crippen LogP contribution in [0.2, 0.25) is 0 Å². The summed E-state index contributed by atoms with van der Waals surface area (Å²) in [5.74, 6) is 0. The molecule has 2 rings (SSSR count). The second-order valence-electron chi connectivity index (χ2n) is 3.67. The molecule has 0 bridgehead atoms. The van der Waals surface area contributed by atoms with Crippen LogP contribution in [0.5, 0.6) is 0 Å². The van der Waals surface area contributed by atoms with Gasteiger partial charge in [0, 0.05) is 6.04 Å². The highest BCUT2D eigenvalue weighted by atomic mass is 32.2. The number of benzene rings is 1. The van der Waals surface area contributed by atoms with Gasteiger partial charge in [-0.2, -0.15) is 0 Å². The molecule has 0 fully saturated rings. The van der Waals surface area contributed by atoms with Crippen molar-refractivity contribution in [3.63, 3.8) is 0 Å². The maximum Gasteiger partial charge on any atom is 0.258 e. The second-order valence-corrected chi connectivity index (χ2v) is 5.35. The first kappa shape index (κ1) is 11.8. The molecule has 17 heavy (non-hydrogen) atoms. The minimum absolute atomic E-state index is 0.0697. The average molecular weight is 251 g/mol. The predicted molar refractivity (Wildman–Crippen MR) is 63.8 cm³/mol. The highest BCUT2D eigenvalue weighted by Crippen LogP contribution is 2.14. The number of H-pyrrole nitrogens is 1. The summed E-state index contributed by atoms with van der Waals surface area (Å²) in [6, 6.07) is 9.09. The third-order valence-corrected chi connectivity index (χ3v) is 3.86. The first-order chi connectivity index (χ1) is 8.09. The van der Waals surface area contributed by atoms with E-state index >= 15 is 0 Å². The zero-order valence-corrected chi connectivity index (χ0v) is 10.1. The van der Waals surface area contributed by atoms with Crippen molar-refractivity contribution in [2.24, 2.45) is 0 Å². The topological polar surface area (TPSA) is 74.8 Å². The molecule has 1 atom stereocenters. The summed E-state index contributed by atoms with van der Waals surface area (Å²) in [4.78, 5) is 6.27. The van der Waals surface area contributed by atoms with Gasteiger partial charge in [0.05, 0.1) is 12.5 Å². The number of rotatable bonds is 4. The van der Waals surface area contributed by atoms with Crippen LogP contribution in [0.1, 0.15) is 18.5 Å². The number of sulfonamides is 1. The molecule has 90 valence electrons. The lowest BCUT2D eigenvalue weighted by Gasteiger charge is -2.13. The van der Waals surface area contributed by atoms with Crippen LogP contribution in [0.15, 0.2) is 47.9 Å². The molecule has 0 aliphatic carbocycles. The van der Waals surface area contributed by atoms with Gasteiger partial charge in [0.25, 0.3) is 10.0 Å². The van der Waals surface area contributed by atoms with Gasteiger partial charge in [-0.05, 0) is 12.5 Å². The molecule has 0 spiro atoms. The highest BCUT2D eigenvalue weighted by Gasteiger charge is 2.19. The van der Waals surface area contributed by atoms with Crippen LogP contribution >= 0.6 is 0 Å². The summed E-state index contributed by atoms with van der Waals surface area (Å²) < 4.78 is 26.4. The summed E-state index contributed by atoms with van der Waals surface area (Å²) in [7, 11) is -3.53. The van der Waals surface area contributed by atoms with Gasteiger partial charge >= 0.3 is 0 Å². The Balaban J connectivity index is 2.17. The maximum atomic E-state index is 11.9. The molecule has 1 unspecified atom stereocenters. The normalized spacial score (nSPS) is 13.5. The third kappa shape index (κ3) is 2.72. The number of hydrogen-bond acceptors (Lipinski definition) is 3. The lowest BCUT2D eigenvalue weighted by molar-refractivity contribution is 0.564. The minimum Gasteiger partial charge on any atom is -0.335 e. The summed E-state index contributed by atoms with van der Waals surface area (Å²) >= 11 is 0. The minimum atomic E-state index is -3.53. The lowest BCUT2D eigenvalue weighted by Crippen LogP contribution is -2.27. The van der Waals surface area contributed by atoms with Crippen LogP contribution in [-0.2, 0) is 10.0 Å². The van der Waals surface area contributed by atoms with Crippen molar-refractivity contribution < 1.29 is 8.42 Å². The fraction of sp³-hybridized carbons (Fsp3) is 0.182. The number of nitrogens with one attached hydrogen (secondary N) is 2. The monoisotopic (exact) mass is 251 g/mol. The van der Waals surface area contributed by atoms with Crippen molar-refractivity contribution in [2.75, 3.05) is 0 Å². The summed E-state index contributed by atoms with van der Waals surface area (Å²) in [5, 5.41) is 0.0697. The summed E-state index contributed by atoms with van der Waals surface area (Å²) in [6.07, 6.45) is 2.61. The Kier molecular flexibility index (Phi) is 3.26. The Hall–Kier alpha value is -1.66. The average Bonchev–Trinajstić information content (AvgIpc) is 2.84. The molecule has 6 heteroatoms. The molecule has 0 radical (unpaired) electrons. The fourth-order valence-corrected chi connectivity index (χ4v) is 2.63. The Bertz CT molecular complexity index is 564. The molecule has 2 aromatic rings. The zero-order chi connectivity index (χ0) is 12.3. The van der Waals surface area contributed by atoms with Gasteiger partial charge in [0.2, 0.25) is 0 Å². The first-order valence-corrected chi connectivity index (χ1v) is 6.63. The van der Waals surface area contributed by atoms with Gasteiger partial charge in [-0.25, -0.2) is 18.1 Å². The van der Waals surface area contributed by atoms with Crippen LogP contribution in [-0.4, -0.2) is 18.4 Å². The number of aromatic amines is 1. The SMILES string of the molecule is CC(NS(=O)(=O)c1cnc[nH]1)c1ccccc1. The van der Waals surface area contributed by atoms with E-state index in [4.69, 9.17) is 0 Å². The largest absolute Gasteiger partial charge is 0.335 e. The first-order valence-electron chi connectivity index (χ1n) is 5.15. The molecular weight excluding hydrogens is 238 g/mol. The number of hydrogen-bond donors (Lipinski definition) is 2.